The highest BCUT2D eigenvalue weighted by Gasteiger charge is 2.21. The van der Waals surface area contributed by atoms with E-state index >= 15 is 0 Å². The van der Waals surface area contributed by atoms with E-state index in [4.69, 9.17) is 18.2 Å². The number of fused-ring (bicyclic) bond motifs is 10. The van der Waals surface area contributed by atoms with Crippen LogP contribution in [0.4, 0.5) is 17.1 Å². The fourth-order valence-electron chi connectivity index (χ4n) is 7.62. The van der Waals surface area contributed by atoms with Crippen LogP contribution in [0.25, 0.3) is 88.0 Å². The molecule has 0 spiro atoms. The maximum absolute atomic E-state index is 6.58. The van der Waals surface area contributed by atoms with Gasteiger partial charge in [0.2, 0.25) is 5.89 Å². The average Bonchev–Trinajstić information content (AvgIpc) is 3.88. The van der Waals surface area contributed by atoms with Gasteiger partial charge in [-0.2, -0.15) is 0 Å². The zero-order valence-electron chi connectivity index (χ0n) is 26.6. The van der Waals surface area contributed by atoms with Gasteiger partial charge >= 0.3 is 0 Å². The molecule has 0 fully saturated rings. The van der Waals surface area contributed by atoms with Gasteiger partial charge < -0.3 is 18.2 Å². The molecule has 0 saturated carbocycles. The van der Waals surface area contributed by atoms with Gasteiger partial charge in [0.1, 0.15) is 27.8 Å². The Morgan fingerprint density at radius 3 is 1.82 bits per heavy atom. The molecule has 0 saturated heterocycles. The highest BCUT2D eigenvalue weighted by molar-refractivity contribution is 6.19. The summed E-state index contributed by atoms with van der Waals surface area (Å²) in [5.41, 5.74) is 8.79. The Morgan fingerprint density at radius 1 is 0.400 bits per heavy atom. The second-order valence-corrected chi connectivity index (χ2v) is 12.7. The molecule has 0 radical (unpaired) electrons. The zero-order chi connectivity index (χ0) is 32.8. The molecule has 11 rings (SSSR count). The third-order valence-electron chi connectivity index (χ3n) is 9.87. The van der Waals surface area contributed by atoms with E-state index in [0.29, 0.717) is 5.89 Å². The van der Waals surface area contributed by atoms with Crippen molar-refractivity contribution < 1.29 is 13.3 Å². The summed E-state index contributed by atoms with van der Waals surface area (Å²) in [6.07, 6.45) is 0. The monoisotopic (exact) mass is 642 g/mol. The standard InChI is InChI=1S/C45H26N2O3/c1-3-12-31-27(9-1)11-7-16-37(31)47(29-20-22-33-41(25-29)49-40-24-19-28-10-2-4-13-32(28)43(33)40)30-21-23-34-42(26-30)48-39-18-8-14-35(44(34)39)45-46-36-15-5-6-17-38(36)50-45/h1-26H. The Bertz CT molecular complexity index is 3090. The Balaban J connectivity index is 1.13. The van der Waals surface area contributed by atoms with E-state index in [0.717, 1.165) is 83.0 Å². The number of hydrogen-bond donors (Lipinski definition) is 0. The highest BCUT2D eigenvalue weighted by atomic mass is 16.4. The van der Waals surface area contributed by atoms with Gasteiger partial charge in [-0.25, -0.2) is 4.98 Å². The van der Waals surface area contributed by atoms with Crippen LogP contribution in [0.5, 0.6) is 0 Å². The first-order chi connectivity index (χ1) is 24.8. The van der Waals surface area contributed by atoms with Crippen molar-refractivity contribution in [2.75, 3.05) is 4.90 Å². The summed E-state index contributed by atoms with van der Waals surface area (Å²) in [6, 6.07) is 54.5. The number of furan rings is 2. The van der Waals surface area contributed by atoms with Crippen LogP contribution in [0.2, 0.25) is 0 Å². The summed E-state index contributed by atoms with van der Waals surface area (Å²) in [6.45, 7) is 0. The van der Waals surface area contributed by atoms with E-state index in [1.807, 2.05) is 42.5 Å². The minimum absolute atomic E-state index is 0.577. The predicted octanol–water partition coefficient (Wildman–Crippen LogP) is 13.1. The first-order valence-corrected chi connectivity index (χ1v) is 16.7. The van der Waals surface area contributed by atoms with Crippen molar-refractivity contribution in [3.05, 3.63) is 158 Å². The van der Waals surface area contributed by atoms with Gasteiger partial charge in [0.15, 0.2) is 5.58 Å². The van der Waals surface area contributed by atoms with E-state index in [-0.39, 0.29) is 0 Å². The predicted molar refractivity (Wildman–Crippen MR) is 204 cm³/mol. The molecule has 0 N–H and O–H groups in total. The van der Waals surface area contributed by atoms with E-state index < -0.39 is 0 Å². The van der Waals surface area contributed by atoms with Gasteiger partial charge in [-0.1, -0.05) is 84.9 Å². The SMILES string of the molecule is c1ccc2c(N(c3ccc4c(c3)oc3cccc(-c5nc6ccccc6o5)c34)c3ccc4c(c3)oc3ccc5ccccc5c34)cccc2c1. The molecular weight excluding hydrogens is 617 g/mol. The Labute approximate surface area is 285 Å². The van der Waals surface area contributed by atoms with Crippen molar-refractivity contribution in [1.82, 2.24) is 4.98 Å². The van der Waals surface area contributed by atoms with Crippen molar-refractivity contribution in [2.45, 2.75) is 0 Å². The van der Waals surface area contributed by atoms with Gasteiger partial charge in [0.25, 0.3) is 0 Å². The molecule has 0 aliphatic rings. The molecular formula is C45H26N2O3. The number of para-hydroxylation sites is 2. The fourth-order valence-corrected chi connectivity index (χ4v) is 7.62. The molecule has 0 bridgehead atoms. The Kier molecular flexibility index (Phi) is 5.60. The lowest BCUT2D eigenvalue weighted by Crippen LogP contribution is -2.10. The second-order valence-electron chi connectivity index (χ2n) is 12.7. The van der Waals surface area contributed by atoms with Crippen molar-refractivity contribution in [2.24, 2.45) is 0 Å². The van der Waals surface area contributed by atoms with E-state index in [1.165, 1.54) is 16.2 Å². The van der Waals surface area contributed by atoms with Gasteiger partial charge in [0, 0.05) is 56.0 Å². The Morgan fingerprint density at radius 2 is 1.02 bits per heavy atom. The molecule has 3 heterocycles. The molecule has 0 aliphatic heterocycles. The number of hydrogen-bond acceptors (Lipinski definition) is 5. The molecule has 0 amide bonds. The van der Waals surface area contributed by atoms with E-state index in [1.54, 1.807) is 0 Å². The van der Waals surface area contributed by atoms with Gasteiger partial charge in [-0.15, -0.1) is 0 Å². The minimum atomic E-state index is 0.577. The second kappa shape index (κ2) is 10.3. The lowest BCUT2D eigenvalue weighted by atomic mass is 10.0. The van der Waals surface area contributed by atoms with Crippen LogP contribution < -0.4 is 4.90 Å². The topological polar surface area (TPSA) is 55.6 Å². The number of benzene rings is 8. The van der Waals surface area contributed by atoms with Crippen LogP contribution in [-0.2, 0) is 0 Å². The first-order valence-electron chi connectivity index (χ1n) is 16.7. The molecule has 50 heavy (non-hydrogen) atoms. The quantitative estimate of drug-likeness (QED) is 0.191. The summed E-state index contributed by atoms with van der Waals surface area (Å²) in [5, 5.41) is 8.91. The molecule has 0 unspecified atom stereocenters. The number of rotatable bonds is 4. The van der Waals surface area contributed by atoms with Crippen LogP contribution in [0.15, 0.2) is 171 Å². The smallest absolute Gasteiger partial charge is 0.228 e. The number of aromatic nitrogens is 1. The first kappa shape index (κ1) is 27.1. The van der Waals surface area contributed by atoms with Crippen LogP contribution >= 0.6 is 0 Å². The maximum Gasteiger partial charge on any atom is 0.228 e. The normalized spacial score (nSPS) is 12.0. The van der Waals surface area contributed by atoms with Gasteiger partial charge in [-0.05, 0) is 76.8 Å². The molecule has 5 nitrogen and oxygen atoms in total. The van der Waals surface area contributed by atoms with Crippen LogP contribution in [0.1, 0.15) is 0 Å². The summed E-state index contributed by atoms with van der Waals surface area (Å²) in [5.74, 6) is 0.577. The summed E-state index contributed by atoms with van der Waals surface area (Å²) in [7, 11) is 0. The largest absolute Gasteiger partial charge is 0.456 e. The van der Waals surface area contributed by atoms with E-state index in [9.17, 15) is 0 Å². The van der Waals surface area contributed by atoms with Crippen molar-refractivity contribution >= 4 is 93.6 Å². The maximum atomic E-state index is 6.58. The third-order valence-corrected chi connectivity index (χ3v) is 9.87. The van der Waals surface area contributed by atoms with Gasteiger partial charge in [0.05, 0.1) is 5.69 Å². The summed E-state index contributed by atoms with van der Waals surface area (Å²) >= 11 is 0. The summed E-state index contributed by atoms with van der Waals surface area (Å²) < 4.78 is 19.3. The van der Waals surface area contributed by atoms with Crippen LogP contribution in [0.3, 0.4) is 0 Å². The average molecular weight is 643 g/mol. The van der Waals surface area contributed by atoms with Crippen molar-refractivity contribution in [1.29, 1.82) is 0 Å². The van der Waals surface area contributed by atoms with E-state index in [2.05, 4.69) is 120 Å². The fraction of sp³-hybridized carbons (Fsp3) is 0. The lowest BCUT2D eigenvalue weighted by Gasteiger charge is -2.26. The van der Waals surface area contributed by atoms with Crippen molar-refractivity contribution in [3.8, 4) is 11.5 Å². The minimum Gasteiger partial charge on any atom is -0.456 e. The Hall–Kier alpha value is -6.85. The highest BCUT2D eigenvalue weighted by Crippen LogP contribution is 2.45. The third kappa shape index (κ3) is 3.98. The number of nitrogens with zero attached hydrogens (tertiary/aromatic N) is 2. The lowest BCUT2D eigenvalue weighted by molar-refractivity contribution is 0.620. The molecule has 234 valence electrons. The molecule has 5 heteroatoms. The van der Waals surface area contributed by atoms with Crippen LogP contribution in [-0.4, -0.2) is 4.98 Å². The molecule has 3 aromatic heterocycles. The van der Waals surface area contributed by atoms with Gasteiger partial charge in [-0.3, -0.25) is 0 Å². The van der Waals surface area contributed by atoms with Crippen LogP contribution in [0, 0.1) is 0 Å². The van der Waals surface area contributed by atoms with Crippen molar-refractivity contribution in [3.63, 3.8) is 0 Å². The zero-order valence-corrected chi connectivity index (χ0v) is 26.6. The molecule has 11 aromatic rings. The number of oxazole rings is 1. The molecule has 0 aliphatic carbocycles. The molecule has 0 atom stereocenters. The summed E-state index contributed by atoms with van der Waals surface area (Å²) in [4.78, 5) is 7.10. The number of anilines is 3. The molecule has 8 aromatic carbocycles.